The molecule has 1 heterocycles. The molecule has 17 heavy (non-hydrogen) atoms. The molecule has 0 N–H and O–H groups in total. The molecule has 0 amide bonds. The van der Waals surface area contributed by atoms with E-state index in [0.29, 0.717) is 19.1 Å². The summed E-state index contributed by atoms with van der Waals surface area (Å²) in [5.41, 5.74) is 2.25. The molecule has 0 aliphatic carbocycles. The number of aryl methyl sites for hydroxylation is 1. The zero-order chi connectivity index (χ0) is 12.3. The molecular formula is C14H20O3. The molecule has 0 saturated carbocycles. The maximum atomic E-state index is 5.68. The molecule has 0 spiro atoms. The Morgan fingerprint density at radius 2 is 2.00 bits per heavy atom. The van der Waals surface area contributed by atoms with E-state index in [0.717, 1.165) is 23.5 Å². The molecule has 0 atom stereocenters. The standard InChI is InChI=1S/C14H20O3/c1-10(2)9-17-12-4-5-13(11(3)8-12)14-15-6-7-16-14/h4-5,8,10,14H,6-7,9H2,1-3H3. The third-order valence-electron chi connectivity index (χ3n) is 2.70. The van der Waals surface area contributed by atoms with E-state index in [-0.39, 0.29) is 6.29 Å². The van der Waals surface area contributed by atoms with Gasteiger partial charge in [0.1, 0.15) is 5.75 Å². The zero-order valence-corrected chi connectivity index (χ0v) is 10.7. The van der Waals surface area contributed by atoms with Crippen molar-refractivity contribution in [3.05, 3.63) is 29.3 Å². The van der Waals surface area contributed by atoms with Gasteiger partial charge >= 0.3 is 0 Å². The first-order valence-electron chi connectivity index (χ1n) is 6.13. The van der Waals surface area contributed by atoms with Gasteiger partial charge in [0.15, 0.2) is 6.29 Å². The Bertz CT molecular complexity index is 368. The lowest BCUT2D eigenvalue weighted by Crippen LogP contribution is -2.06. The Labute approximate surface area is 103 Å². The van der Waals surface area contributed by atoms with Gasteiger partial charge in [-0.15, -0.1) is 0 Å². The minimum Gasteiger partial charge on any atom is -0.493 e. The van der Waals surface area contributed by atoms with Crippen LogP contribution in [0.5, 0.6) is 5.75 Å². The Morgan fingerprint density at radius 3 is 2.59 bits per heavy atom. The second-order valence-electron chi connectivity index (χ2n) is 4.80. The lowest BCUT2D eigenvalue weighted by Gasteiger charge is -2.14. The van der Waals surface area contributed by atoms with Gasteiger partial charge in [-0.2, -0.15) is 0 Å². The van der Waals surface area contributed by atoms with E-state index >= 15 is 0 Å². The van der Waals surface area contributed by atoms with E-state index in [2.05, 4.69) is 20.8 Å². The summed E-state index contributed by atoms with van der Waals surface area (Å²) in [4.78, 5) is 0. The van der Waals surface area contributed by atoms with E-state index < -0.39 is 0 Å². The van der Waals surface area contributed by atoms with Crippen molar-refractivity contribution in [1.29, 1.82) is 0 Å². The summed E-state index contributed by atoms with van der Waals surface area (Å²) in [6, 6.07) is 6.06. The van der Waals surface area contributed by atoms with Gasteiger partial charge < -0.3 is 14.2 Å². The minimum atomic E-state index is -0.200. The highest BCUT2D eigenvalue weighted by Crippen LogP contribution is 2.28. The largest absolute Gasteiger partial charge is 0.493 e. The number of benzene rings is 1. The van der Waals surface area contributed by atoms with Crippen LogP contribution in [0.1, 0.15) is 31.3 Å². The fraction of sp³-hybridized carbons (Fsp3) is 0.571. The van der Waals surface area contributed by atoms with Crippen molar-refractivity contribution in [3.8, 4) is 5.75 Å². The van der Waals surface area contributed by atoms with Crippen LogP contribution in [0.15, 0.2) is 18.2 Å². The van der Waals surface area contributed by atoms with Crippen LogP contribution >= 0.6 is 0 Å². The monoisotopic (exact) mass is 236 g/mol. The molecule has 2 rings (SSSR count). The van der Waals surface area contributed by atoms with Gasteiger partial charge in [0.05, 0.1) is 19.8 Å². The summed E-state index contributed by atoms with van der Waals surface area (Å²) < 4.78 is 16.7. The van der Waals surface area contributed by atoms with Crippen molar-refractivity contribution in [2.75, 3.05) is 19.8 Å². The number of hydrogen-bond acceptors (Lipinski definition) is 3. The predicted octanol–water partition coefficient (Wildman–Crippen LogP) is 3.08. The molecule has 3 heteroatoms. The van der Waals surface area contributed by atoms with Crippen LogP contribution in [0.2, 0.25) is 0 Å². The van der Waals surface area contributed by atoms with Crippen molar-refractivity contribution in [1.82, 2.24) is 0 Å². The molecular weight excluding hydrogens is 216 g/mol. The summed E-state index contributed by atoms with van der Waals surface area (Å²) in [5.74, 6) is 1.45. The van der Waals surface area contributed by atoms with Crippen LogP contribution < -0.4 is 4.74 Å². The number of hydrogen-bond donors (Lipinski definition) is 0. The van der Waals surface area contributed by atoms with Gasteiger partial charge in [-0.3, -0.25) is 0 Å². The van der Waals surface area contributed by atoms with Crippen LogP contribution in [0.4, 0.5) is 0 Å². The van der Waals surface area contributed by atoms with E-state index in [1.54, 1.807) is 0 Å². The fourth-order valence-corrected chi connectivity index (χ4v) is 1.80. The number of ether oxygens (including phenoxy) is 3. The highest BCUT2D eigenvalue weighted by Gasteiger charge is 2.20. The van der Waals surface area contributed by atoms with Crippen molar-refractivity contribution in [3.63, 3.8) is 0 Å². The molecule has 1 aromatic carbocycles. The quantitative estimate of drug-likeness (QED) is 0.804. The molecule has 1 aliphatic rings. The van der Waals surface area contributed by atoms with E-state index in [1.165, 1.54) is 0 Å². The summed E-state index contributed by atoms with van der Waals surface area (Å²) in [6.07, 6.45) is -0.200. The molecule has 0 unspecified atom stereocenters. The molecule has 3 nitrogen and oxygen atoms in total. The van der Waals surface area contributed by atoms with Crippen molar-refractivity contribution in [2.45, 2.75) is 27.1 Å². The Kier molecular flexibility index (Phi) is 4.02. The van der Waals surface area contributed by atoms with E-state index in [4.69, 9.17) is 14.2 Å². The molecule has 1 aromatic rings. The van der Waals surface area contributed by atoms with Crippen molar-refractivity contribution >= 4 is 0 Å². The van der Waals surface area contributed by atoms with E-state index in [9.17, 15) is 0 Å². The average Bonchev–Trinajstić information content (AvgIpc) is 2.79. The topological polar surface area (TPSA) is 27.7 Å². The maximum Gasteiger partial charge on any atom is 0.184 e. The molecule has 0 radical (unpaired) electrons. The Balaban J connectivity index is 2.05. The second-order valence-corrected chi connectivity index (χ2v) is 4.80. The van der Waals surface area contributed by atoms with Gasteiger partial charge in [-0.25, -0.2) is 0 Å². The molecule has 1 fully saturated rings. The summed E-state index contributed by atoms with van der Waals surface area (Å²) in [6.45, 7) is 8.44. The van der Waals surface area contributed by atoms with Gasteiger partial charge in [0.25, 0.3) is 0 Å². The lowest BCUT2D eigenvalue weighted by atomic mass is 10.1. The van der Waals surface area contributed by atoms with Crippen molar-refractivity contribution in [2.24, 2.45) is 5.92 Å². The first-order chi connectivity index (χ1) is 8.16. The van der Waals surface area contributed by atoms with Crippen LogP contribution in [-0.4, -0.2) is 19.8 Å². The molecule has 0 bridgehead atoms. The average molecular weight is 236 g/mol. The summed E-state index contributed by atoms with van der Waals surface area (Å²) in [7, 11) is 0. The van der Waals surface area contributed by atoms with Crippen LogP contribution in [-0.2, 0) is 9.47 Å². The van der Waals surface area contributed by atoms with Gasteiger partial charge in [0, 0.05) is 5.56 Å². The molecule has 1 aliphatic heterocycles. The van der Waals surface area contributed by atoms with Gasteiger partial charge in [-0.05, 0) is 30.5 Å². The molecule has 1 saturated heterocycles. The SMILES string of the molecule is Cc1cc(OCC(C)C)ccc1C1OCCO1. The second kappa shape index (κ2) is 5.52. The normalized spacial score (nSPS) is 16.7. The van der Waals surface area contributed by atoms with Crippen LogP contribution in [0.3, 0.4) is 0 Å². The minimum absolute atomic E-state index is 0.200. The Hall–Kier alpha value is -1.06. The highest BCUT2D eigenvalue weighted by molar-refractivity contribution is 5.35. The smallest absolute Gasteiger partial charge is 0.184 e. The zero-order valence-electron chi connectivity index (χ0n) is 10.7. The number of rotatable bonds is 4. The first kappa shape index (κ1) is 12.4. The van der Waals surface area contributed by atoms with E-state index in [1.807, 2.05) is 18.2 Å². The maximum absolute atomic E-state index is 5.68. The van der Waals surface area contributed by atoms with Gasteiger partial charge in [-0.1, -0.05) is 19.9 Å². The third-order valence-corrected chi connectivity index (χ3v) is 2.70. The van der Waals surface area contributed by atoms with Crippen LogP contribution in [0, 0.1) is 12.8 Å². The summed E-state index contributed by atoms with van der Waals surface area (Å²) >= 11 is 0. The Morgan fingerprint density at radius 1 is 1.29 bits per heavy atom. The molecule has 94 valence electrons. The predicted molar refractivity (Wildman–Crippen MR) is 66.2 cm³/mol. The molecule has 0 aromatic heterocycles. The third kappa shape index (κ3) is 3.20. The van der Waals surface area contributed by atoms with Gasteiger partial charge in [0.2, 0.25) is 0 Å². The lowest BCUT2D eigenvalue weighted by molar-refractivity contribution is -0.0445. The fourth-order valence-electron chi connectivity index (χ4n) is 1.80. The summed E-state index contributed by atoms with van der Waals surface area (Å²) in [5, 5.41) is 0. The van der Waals surface area contributed by atoms with Crippen molar-refractivity contribution < 1.29 is 14.2 Å². The van der Waals surface area contributed by atoms with Crippen LogP contribution in [0.25, 0.3) is 0 Å². The highest BCUT2D eigenvalue weighted by atomic mass is 16.7. The first-order valence-corrected chi connectivity index (χ1v) is 6.13.